The molecule has 0 amide bonds. The third-order valence-electron chi connectivity index (χ3n) is 9.21. The molecule has 0 radical (unpaired) electrons. The number of hydrogen-bond acceptors (Lipinski definition) is 10. The number of nitrogens with one attached hydrogen (secondary N) is 2. The van der Waals surface area contributed by atoms with Crippen LogP contribution in [-0.2, 0) is 31.4 Å². The summed E-state index contributed by atoms with van der Waals surface area (Å²) in [6.45, 7) is 1.09. The van der Waals surface area contributed by atoms with Gasteiger partial charge in [0.1, 0.15) is 17.3 Å². The van der Waals surface area contributed by atoms with Crippen molar-refractivity contribution >= 4 is 25.1 Å². The molecule has 7 rings (SSSR count). The number of nitrogens with zero attached hydrogens (tertiary/aromatic N) is 4. The van der Waals surface area contributed by atoms with E-state index in [-0.39, 0.29) is 19.8 Å². The normalized spacial score (nSPS) is 13.4. The van der Waals surface area contributed by atoms with E-state index in [1.54, 1.807) is 7.11 Å². The lowest BCUT2D eigenvalue weighted by Gasteiger charge is -2.18. The monoisotopic (exact) mass is 732 g/mol. The molecule has 3 heterocycles. The molecular formula is C41H45N6O5P. The topological polar surface area (TPSA) is 121 Å². The Kier molecular flexibility index (Phi) is 12.1. The summed E-state index contributed by atoms with van der Waals surface area (Å²) in [5, 5.41) is 12.2. The van der Waals surface area contributed by atoms with Crippen molar-refractivity contribution < 1.29 is 22.9 Å². The fourth-order valence-corrected chi connectivity index (χ4v) is 7.61. The van der Waals surface area contributed by atoms with Crippen molar-refractivity contribution in [3.05, 3.63) is 127 Å². The van der Waals surface area contributed by atoms with Crippen LogP contribution in [0, 0.1) is 0 Å². The van der Waals surface area contributed by atoms with Crippen molar-refractivity contribution in [1.29, 1.82) is 0 Å². The second-order valence-electron chi connectivity index (χ2n) is 13.0. The maximum Gasteiger partial charge on any atom is 0.475 e. The molecule has 3 aromatic heterocycles. The van der Waals surface area contributed by atoms with Gasteiger partial charge < -0.3 is 15.4 Å². The van der Waals surface area contributed by atoms with Crippen molar-refractivity contribution in [3.8, 4) is 28.3 Å². The van der Waals surface area contributed by atoms with E-state index in [9.17, 15) is 4.57 Å². The number of phosphoric acid groups is 1. The van der Waals surface area contributed by atoms with Gasteiger partial charge in [-0.25, -0.2) is 19.0 Å². The summed E-state index contributed by atoms with van der Waals surface area (Å²) in [6, 6.07) is 35.5. The largest absolute Gasteiger partial charge is 0.497 e. The van der Waals surface area contributed by atoms with Gasteiger partial charge >= 0.3 is 7.82 Å². The summed E-state index contributed by atoms with van der Waals surface area (Å²) in [6.07, 6.45) is 7.90. The Balaban J connectivity index is 1.04. The maximum atomic E-state index is 13.7. The summed E-state index contributed by atoms with van der Waals surface area (Å²) in [7, 11) is -2.17. The highest BCUT2D eigenvalue weighted by Crippen LogP contribution is 2.51. The standard InChI is InChI=1S/C41H45N6O5P/c1-49-35-23-21-33(22-24-35)40-39(36-25-27-43-41(45-36)44-34-17-8-9-18-34)37-19-12-20-38(47(37)46-40)42-26-10-11-28-50-53(48,51-29-31-13-4-2-5-14-31)52-30-32-15-6-3-7-16-32/h2-7,12-16,19-25,27,34,42H,8-11,17-18,26,28-30H2,1H3,(H,43,44,45). The van der Waals surface area contributed by atoms with Gasteiger partial charge in [-0.05, 0) is 79.3 Å². The van der Waals surface area contributed by atoms with Gasteiger partial charge in [0.25, 0.3) is 0 Å². The summed E-state index contributed by atoms with van der Waals surface area (Å²) in [5.41, 5.74) is 6.16. The van der Waals surface area contributed by atoms with Crippen LogP contribution >= 0.6 is 7.82 Å². The first kappa shape index (κ1) is 36.3. The zero-order chi connectivity index (χ0) is 36.3. The van der Waals surface area contributed by atoms with Crippen molar-refractivity contribution in [2.24, 2.45) is 0 Å². The molecule has 0 atom stereocenters. The number of anilines is 2. The SMILES string of the molecule is COc1ccc(-c2nn3c(NCCCCOP(=O)(OCc4ccccc4)OCc4ccccc4)cccc3c2-c2ccnc(NC3CCCC3)n2)cc1. The first-order chi connectivity index (χ1) is 26.1. The average Bonchev–Trinajstić information content (AvgIpc) is 3.87. The molecule has 11 nitrogen and oxygen atoms in total. The first-order valence-electron chi connectivity index (χ1n) is 18.2. The Morgan fingerprint density at radius 1 is 0.792 bits per heavy atom. The van der Waals surface area contributed by atoms with Crippen molar-refractivity contribution in [2.75, 3.05) is 30.9 Å². The van der Waals surface area contributed by atoms with Crippen LogP contribution in [0.1, 0.15) is 49.7 Å². The minimum atomic E-state index is -3.83. The lowest BCUT2D eigenvalue weighted by Crippen LogP contribution is -2.16. The Bertz CT molecular complexity index is 2060. The fraction of sp³-hybridized carbons (Fsp3) is 0.293. The van der Waals surface area contributed by atoms with Crippen molar-refractivity contribution in [2.45, 2.75) is 57.8 Å². The van der Waals surface area contributed by atoms with Gasteiger partial charge in [-0.1, -0.05) is 79.6 Å². The van der Waals surface area contributed by atoms with Gasteiger partial charge in [-0.15, -0.1) is 0 Å². The van der Waals surface area contributed by atoms with E-state index in [0.717, 1.165) is 70.0 Å². The Morgan fingerprint density at radius 3 is 2.17 bits per heavy atom. The molecule has 3 aromatic carbocycles. The predicted octanol–water partition coefficient (Wildman–Crippen LogP) is 9.57. The molecule has 0 aliphatic heterocycles. The van der Waals surface area contributed by atoms with Gasteiger partial charge in [0.2, 0.25) is 5.95 Å². The van der Waals surface area contributed by atoms with Crippen LogP contribution in [-0.4, -0.2) is 45.9 Å². The third-order valence-corrected chi connectivity index (χ3v) is 10.6. The number of benzene rings is 3. The van der Waals surface area contributed by atoms with Crippen LogP contribution in [0.3, 0.4) is 0 Å². The number of rotatable bonds is 18. The molecule has 274 valence electrons. The highest BCUT2D eigenvalue weighted by molar-refractivity contribution is 7.48. The fourth-order valence-electron chi connectivity index (χ4n) is 6.41. The van der Waals surface area contributed by atoms with Crippen molar-refractivity contribution in [3.63, 3.8) is 0 Å². The molecule has 1 fully saturated rings. The van der Waals surface area contributed by atoms with E-state index in [1.165, 1.54) is 12.8 Å². The number of hydrogen-bond donors (Lipinski definition) is 2. The number of phosphoric ester groups is 1. The second-order valence-corrected chi connectivity index (χ2v) is 14.7. The maximum absolute atomic E-state index is 13.7. The highest BCUT2D eigenvalue weighted by Gasteiger charge is 2.27. The van der Waals surface area contributed by atoms with Gasteiger partial charge in [-0.3, -0.25) is 13.6 Å². The van der Waals surface area contributed by atoms with E-state index in [2.05, 4.69) is 21.7 Å². The van der Waals surface area contributed by atoms with E-state index in [0.29, 0.717) is 25.0 Å². The molecular weight excluding hydrogens is 687 g/mol. The Hall–Kier alpha value is -5.06. The molecule has 6 aromatic rings. The molecule has 1 aliphatic carbocycles. The Labute approximate surface area is 310 Å². The van der Waals surface area contributed by atoms with Gasteiger partial charge in [-0.2, -0.15) is 5.10 Å². The molecule has 0 spiro atoms. The number of methoxy groups -OCH3 is 1. The van der Waals surface area contributed by atoms with Crippen LogP contribution in [0.5, 0.6) is 5.75 Å². The zero-order valence-electron chi connectivity index (χ0n) is 29.9. The van der Waals surface area contributed by atoms with Crippen LogP contribution in [0.15, 0.2) is 115 Å². The third kappa shape index (κ3) is 9.49. The highest BCUT2D eigenvalue weighted by atomic mass is 31.2. The van der Waals surface area contributed by atoms with E-state index in [4.69, 9.17) is 28.4 Å². The second kappa shape index (κ2) is 17.6. The lowest BCUT2D eigenvalue weighted by molar-refractivity contribution is 0.102. The average molecular weight is 733 g/mol. The molecule has 1 saturated carbocycles. The van der Waals surface area contributed by atoms with Crippen LogP contribution in [0.4, 0.5) is 11.8 Å². The van der Waals surface area contributed by atoms with Gasteiger partial charge in [0.05, 0.1) is 43.7 Å². The van der Waals surface area contributed by atoms with Crippen LogP contribution in [0.25, 0.3) is 28.0 Å². The molecule has 0 saturated heterocycles. The number of fused-ring (bicyclic) bond motifs is 1. The molecule has 0 unspecified atom stereocenters. The van der Waals surface area contributed by atoms with Crippen LogP contribution < -0.4 is 15.4 Å². The molecule has 0 bridgehead atoms. The van der Waals surface area contributed by atoms with E-state index < -0.39 is 7.82 Å². The lowest BCUT2D eigenvalue weighted by atomic mass is 10.0. The minimum Gasteiger partial charge on any atom is -0.497 e. The van der Waals surface area contributed by atoms with Gasteiger partial charge in [0, 0.05) is 24.3 Å². The first-order valence-corrected chi connectivity index (χ1v) is 19.6. The summed E-state index contributed by atoms with van der Waals surface area (Å²) < 4.78 is 38.4. The van der Waals surface area contributed by atoms with Crippen LogP contribution in [0.2, 0.25) is 0 Å². The molecule has 2 N–H and O–H groups in total. The van der Waals surface area contributed by atoms with Crippen molar-refractivity contribution in [1.82, 2.24) is 19.6 Å². The quantitative estimate of drug-likeness (QED) is 0.0653. The Morgan fingerprint density at radius 2 is 1.49 bits per heavy atom. The summed E-state index contributed by atoms with van der Waals surface area (Å²) in [4.78, 5) is 9.52. The van der Waals surface area contributed by atoms with E-state index >= 15 is 0 Å². The number of unbranched alkanes of at least 4 members (excludes halogenated alkanes) is 1. The zero-order valence-corrected chi connectivity index (χ0v) is 30.8. The number of pyridine rings is 1. The predicted molar refractivity (Wildman–Crippen MR) is 208 cm³/mol. The summed E-state index contributed by atoms with van der Waals surface area (Å²) >= 11 is 0. The number of aromatic nitrogens is 4. The van der Waals surface area contributed by atoms with E-state index in [1.807, 2.05) is 114 Å². The smallest absolute Gasteiger partial charge is 0.475 e. The number of ether oxygens (including phenoxy) is 1. The summed E-state index contributed by atoms with van der Waals surface area (Å²) in [5.74, 6) is 2.25. The minimum absolute atomic E-state index is 0.121. The molecule has 12 heteroatoms. The molecule has 1 aliphatic rings. The van der Waals surface area contributed by atoms with Gasteiger partial charge in [0.15, 0.2) is 0 Å². The molecule has 53 heavy (non-hydrogen) atoms.